The molecule has 2 unspecified atom stereocenters. The van der Waals surface area contributed by atoms with Crippen LogP contribution in [0, 0.1) is 17.2 Å². The van der Waals surface area contributed by atoms with E-state index in [2.05, 4.69) is 0 Å². The molecule has 76 valence electrons. The van der Waals surface area contributed by atoms with E-state index in [-0.39, 0.29) is 5.57 Å². The second kappa shape index (κ2) is 3.45. The third-order valence-corrected chi connectivity index (χ3v) is 2.07. The van der Waals surface area contributed by atoms with E-state index in [1.54, 1.807) is 6.07 Å². The lowest BCUT2D eigenvalue weighted by Gasteiger charge is -2.20. The summed E-state index contributed by atoms with van der Waals surface area (Å²) in [6.45, 7) is 1.38. The highest BCUT2D eigenvalue weighted by Crippen LogP contribution is 2.34. The Kier molecular flexibility index (Phi) is 2.65. The van der Waals surface area contributed by atoms with Crippen LogP contribution in [0.25, 0.3) is 0 Å². The van der Waals surface area contributed by atoms with Gasteiger partial charge in [-0.2, -0.15) is 18.4 Å². The number of halogens is 4. The molecule has 0 aromatic carbocycles. The van der Waals surface area contributed by atoms with Gasteiger partial charge in [0.05, 0.1) is 11.6 Å². The first-order valence-corrected chi connectivity index (χ1v) is 3.91. The summed E-state index contributed by atoms with van der Waals surface area (Å²) in [6.07, 6.45) is -5.13. The second-order valence-corrected chi connectivity index (χ2v) is 3.06. The number of hydrogen-bond donors (Lipinski definition) is 0. The minimum absolute atomic E-state index is 0.174. The summed E-state index contributed by atoms with van der Waals surface area (Å²) in [5, 5.41) is 8.48. The van der Waals surface area contributed by atoms with E-state index >= 15 is 0 Å². The monoisotopic (exact) mass is 205 g/mol. The summed E-state index contributed by atoms with van der Waals surface area (Å²) < 4.78 is 49.5. The summed E-state index contributed by atoms with van der Waals surface area (Å²) in [7, 11) is 0. The number of hydrogen-bond acceptors (Lipinski definition) is 1. The van der Waals surface area contributed by atoms with Crippen LogP contribution in [0.3, 0.4) is 0 Å². The second-order valence-electron chi connectivity index (χ2n) is 3.06. The van der Waals surface area contributed by atoms with Crippen molar-refractivity contribution in [1.29, 1.82) is 5.26 Å². The van der Waals surface area contributed by atoms with E-state index in [9.17, 15) is 17.6 Å². The lowest BCUT2D eigenvalue weighted by Crippen LogP contribution is -2.22. The van der Waals surface area contributed by atoms with Gasteiger partial charge in [-0.15, -0.1) is 0 Å². The average molecular weight is 205 g/mol. The maximum Gasteiger partial charge on any atom is 0.416 e. The van der Waals surface area contributed by atoms with E-state index in [1.807, 2.05) is 0 Å². The van der Waals surface area contributed by atoms with Crippen LogP contribution < -0.4 is 0 Å². The van der Waals surface area contributed by atoms with E-state index in [0.29, 0.717) is 12.2 Å². The van der Waals surface area contributed by atoms with E-state index < -0.39 is 23.8 Å². The van der Waals surface area contributed by atoms with Crippen molar-refractivity contribution >= 4 is 0 Å². The molecule has 0 heterocycles. The third kappa shape index (κ3) is 1.95. The predicted molar refractivity (Wildman–Crippen MR) is 41.9 cm³/mol. The van der Waals surface area contributed by atoms with Crippen LogP contribution in [-0.2, 0) is 0 Å². The van der Waals surface area contributed by atoms with Gasteiger partial charge in [0.25, 0.3) is 0 Å². The fourth-order valence-corrected chi connectivity index (χ4v) is 1.14. The summed E-state index contributed by atoms with van der Waals surface area (Å²) in [5.41, 5.74) is -1.26. The smallest absolute Gasteiger partial charge is 0.242 e. The van der Waals surface area contributed by atoms with Gasteiger partial charge < -0.3 is 0 Å². The molecule has 14 heavy (non-hydrogen) atoms. The SMILES string of the molecule is CC1C(C#N)=CC(C(F)(F)F)=CC1F. The molecule has 0 saturated carbocycles. The quantitative estimate of drug-likeness (QED) is 0.558. The van der Waals surface area contributed by atoms with Crippen molar-refractivity contribution in [3.05, 3.63) is 23.3 Å². The lowest BCUT2D eigenvalue weighted by molar-refractivity contribution is -0.0893. The molecule has 2 atom stereocenters. The molecule has 0 bridgehead atoms. The zero-order valence-electron chi connectivity index (χ0n) is 7.27. The van der Waals surface area contributed by atoms with Crippen LogP contribution in [0.15, 0.2) is 23.3 Å². The fraction of sp³-hybridized carbons (Fsp3) is 0.444. The van der Waals surface area contributed by atoms with Crippen LogP contribution in [0.1, 0.15) is 6.92 Å². The van der Waals surface area contributed by atoms with E-state index in [4.69, 9.17) is 5.26 Å². The largest absolute Gasteiger partial charge is 0.416 e. The fourth-order valence-electron chi connectivity index (χ4n) is 1.14. The molecule has 0 aromatic heterocycles. The van der Waals surface area contributed by atoms with Gasteiger partial charge >= 0.3 is 6.18 Å². The molecule has 1 nitrogen and oxygen atoms in total. The summed E-state index contributed by atoms with van der Waals surface area (Å²) in [4.78, 5) is 0. The molecular formula is C9H7F4N. The summed E-state index contributed by atoms with van der Waals surface area (Å²) in [6, 6.07) is 1.57. The van der Waals surface area contributed by atoms with Gasteiger partial charge in [-0.3, -0.25) is 0 Å². The van der Waals surface area contributed by atoms with Gasteiger partial charge in [-0.05, 0) is 12.2 Å². The van der Waals surface area contributed by atoms with Crippen molar-refractivity contribution in [1.82, 2.24) is 0 Å². The minimum Gasteiger partial charge on any atom is -0.242 e. The molecule has 0 saturated heterocycles. The Morgan fingerprint density at radius 1 is 1.43 bits per heavy atom. The van der Waals surface area contributed by atoms with Gasteiger partial charge in [0.1, 0.15) is 6.17 Å². The average Bonchev–Trinajstić information content (AvgIpc) is 2.07. The Balaban J connectivity index is 3.09. The number of rotatable bonds is 0. The van der Waals surface area contributed by atoms with Gasteiger partial charge in [-0.1, -0.05) is 6.92 Å². The van der Waals surface area contributed by atoms with E-state index in [1.165, 1.54) is 6.92 Å². The summed E-state index contributed by atoms with van der Waals surface area (Å²) >= 11 is 0. The topological polar surface area (TPSA) is 23.8 Å². The maximum atomic E-state index is 13.0. The molecule has 5 heteroatoms. The van der Waals surface area contributed by atoms with Gasteiger partial charge in [-0.25, -0.2) is 4.39 Å². The first kappa shape index (κ1) is 10.8. The Morgan fingerprint density at radius 2 is 2.00 bits per heavy atom. The van der Waals surface area contributed by atoms with Crippen molar-refractivity contribution in [2.45, 2.75) is 19.3 Å². The van der Waals surface area contributed by atoms with Crippen molar-refractivity contribution < 1.29 is 17.6 Å². The van der Waals surface area contributed by atoms with Gasteiger partial charge in [0.15, 0.2) is 0 Å². The first-order valence-electron chi connectivity index (χ1n) is 3.91. The zero-order valence-corrected chi connectivity index (χ0v) is 7.27. The Bertz CT molecular complexity index is 332. The van der Waals surface area contributed by atoms with Crippen molar-refractivity contribution in [2.24, 2.45) is 5.92 Å². The van der Waals surface area contributed by atoms with Crippen molar-refractivity contribution in [3.8, 4) is 6.07 Å². The summed E-state index contributed by atoms with van der Waals surface area (Å²) in [5.74, 6) is -0.800. The van der Waals surface area contributed by atoms with Crippen LogP contribution in [-0.4, -0.2) is 12.3 Å². The zero-order chi connectivity index (χ0) is 10.9. The maximum absolute atomic E-state index is 13.0. The molecule has 0 aliphatic heterocycles. The molecule has 0 N–H and O–H groups in total. The molecule has 0 amide bonds. The number of nitriles is 1. The standard InChI is InChI=1S/C9H7F4N/c1-5-6(4-14)2-7(3-8(5)10)9(11,12)13/h2-3,5,8H,1H3. The van der Waals surface area contributed by atoms with Gasteiger partial charge in [0, 0.05) is 11.5 Å². The Morgan fingerprint density at radius 3 is 2.43 bits per heavy atom. The van der Waals surface area contributed by atoms with Crippen LogP contribution >= 0.6 is 0 Å². The molecular weight excluding hydrogens is 198 g/mol. The van der Waals surface area contributed by atoms with Crippen LogP contribution in [0.5, 0.6) is 0 Å². The van der Waals surface area contributed by atoms with Crippen molar-refractivity contribution in [2.75, 3.05) is 0 Å². The van der Waals surface area contributed by atoms with Crippen LogP contribution in [0.2, 0.25) is 0 Å². The number of allylic oxidation sites excluding steroid dienone is 4. The predicted octanol–water partition coefficient (Wildman–Crippen LogP) is 2.91. The molecule has 0 spiro atoms. The third-order valence-electron chi connectivity index (χ3n) is 2.07. The Labute approximate surface area is 78.3 Å². The molecule has 0 fully saturated rings. The molecule has 1 aliphatic carbocycles. The lowest BCUT2D eigenvalue weighted by atomic mass is 9.89. The highest BCUT2D eigenvalue weighted by Gasteiger charge is 2.37. The molecule has 0 radical (unpaired) electrons. The molecule has 1 aliphatic rings. The molecule has 1 rings (SSSR count). The van der Waals surface area contributed by atoms with E-state index in [0.717, 1.165) is 0 Å². The van der Waals surface area contributed by atoms with Crippen LogP contribution in [0.4, 0.5) is 17.6 Å². The molecule has 0 aromatic rings. The number of nitrogens with zero attached hydrogens (tertiary/aromatic N) is 1. The highest BCUT2D eigenvalue weighted by atomic mass is 19.4. The Hall–Kier alpha value is -1.31. The van der Waals surface area contributed by atoms with Crippen molar-refractivity contribution in [3.63, 3.8) is 0 Å². The normalized spacial score (nSPS) is 27.7. The first-order chi connectivity index (χ1) is 6.36. The van der Waals surface area contributed by atoms with Gasteiger partial charge in [0.2, 0.25) is 0 Å². The number of alkyl halides is 4. The minimum atomic E-state index is -4.59. The highest BCUT2D eigenvalue weighted by molar-refractivity contribution is 5.41.